The Labute approximate surface area is 212 Å². The summed E-state index contributed by atoms with van der Waals surface area (Å²) < 4.78 is 5.56. The lowest BCUT2D eigenvalue weighted by Crippen LogP contribution is -2.31. The number of hydrogen-bond acceptors (Lipinski definition) is 5. The van der Waals surface area contributed by atoms with E-state index in [-0.39, 0.29) is 59.2 Å². The molecule has 0 aromatic heterocycles. The van der Waals surface area contributed by atoms with Gasteiger partial charge in [0.25, 0.3) is 0 Å². The first-order chi connectivity index (χ1) is 16.8. The van der Waals surface area contributed by atoms with Crippen molar-refractivity contribution in [3.05, 3.63) is 64.7 Å². The molecule has 2 aliphatic heterocycles. The fourth-order valence-electron chi connectivity index (χ4n) is 5.09. The minimum absolute atomic E-state index is 0.0212. The summed E-state index contributed by atoms with van der Waals surface area (Å²) in [6.45, 7) is 2.04. The van der Waals surface area contributed by atoms with Crippen molar-refractivity contribution in [3.63, 3.8) is 0 Å². The average Bonchev–Trinajstić information content (AvgIpc) is 3.34. The molecule has 0 saturated carbocycles. The molecular formula is C26H22Cl2N2O5. The molecule has 2 aromatic carbocycles. The van der Waals surface area contributed by atoms with E-state index in [0.29, 0.717) is 22.8 Å². The van der Waals surface area contributed by atoms with Crippen LogP contribution in [0.1, 0.15) is 19.8 Å². The van der Waals surface area contributed by atoms with Gasteiger partial charge in [-0.05, 0) is 36.6 Å². The molecule has 2 fully saturated rings. The first-order valence-electron chi connectivity index (χ1n) is 11.4. The highest BCUT2D eigenvalue weighted by atomic mass is 35.5. The second-order valence-electron chi connectivity index (χ2n) is 9.06. The van der Waals surface area contributed by atoms with Gasteiger partial charge < -0.3 is 9.64 Å². The number of fused-ring (bicyclic) bond motifs is 1. The van der Waals surface area contributed by atoms with Gasteiger partial charge in [0.15, 0.2) is 0 Å². The molecule has 3 amide bonds. The number of imide groups is 1. The molecule has 0 spiro atoms. The molecule has 2 heterocycles. The maximum Gasteiger partial charge on any atom is 0.316 e. The molecule has 4 atom stereocenters. The van der Waals surface area contributed by atoms with E-state index < -0.39 is 11.9 Å². The largest absolute Gasteiger partial charge is 0.426 e. The lowest BCUT2D eigenvalue weighted by atomic mass is 9.78. The summed E-state index contributed by atoms with van der Waals surface area (Å²) in [6, 6.07) is 11.3. The molecule has 2 saturated heterocycles. The van der Waals surface area contributed by atoms with Crippen molar-refractivity contribution in [2.75, 3.05) is 16.3 Å². The molecule has 0 radical (unpaired) electrons. The Morgan fingerprint density at radius 3 is 2.60 bits per heavy atom. The Balaban J connectivity index is 1.31. The van der Waals surface area contributed by atoms with E-state index in [0.717, 1.165) is 0 Å². The molecule has 5 rings (SSSR count). The lowest BCUT2D eigenvalue weighted by molar-refractivity contribution is -0.139. The van der Waals surface area contributed by atoms with Crippen LogP contribution in [0.5, 0.6) is 5.75 Å². The summed E-state index contributed by atoms with van der Waals surface area (Å²) in [5.74, 6) is -2.61. The van der Waals surface area contributed by atoms with Gasteiger partial charge >= 0.3 is 5.97 Å². The predicted octanol–water partition coefficient (Wildman–Crippen LogP) is 4.65. The predicted molar refractivity (Wildman–Crippen MR) is 131 cm³/mol. The molecule has 9 heteroatoms. The highest BCUT2D eigenvalue weighted by Gasteiger charge is 2.50. The standard InChI is InChI=1S/C26H22Cl2N2O5/c1-14-5-2-8-18-22(14)25(33)30(24(18)32)16-6-3-7-17(12-16)35-26(34)15-11-21(31)29(13-15)20-10-4-9-19(27)23(20)28/h2-7,9-10,12,14-15,18,22H,8,11,13H2,1H3/t14-,15-,18+,22+/m1/s1. The number of carbonyl (C=O) groups excluding carboxylic acids is 4. The number of rotatable bonds is 4. The Bertz CT molecular complexity index is 1280. The summed E-state index contributed by atoms with van der Waals surface area (Å²) in [5, 5.41) is 0.560. The Kier molecular flexibility index (Phi) is 6.15. The maximum atomic E-state index is 13.1. The molecule has 2 aromatic rings. The van der Waals surface area contributed by atoms with Gasteiger partial charge in [-0.25, -0.2) is 4.90 Å². The molecule has 7 nitrogen and oxygen atoms in total. The lowest BCUT2D eigenvalue weighted by Gasteiger charge is -2.22. The topological polar surface area (TPSA) is 84.0 Å². The molecule has 0 bridgehead atoms. The number of hydrogen-bond donors (Lipinski definition) is 0. The minimum Gasteiger partial charge on any atom is -0.426 e. The third-order valence-electron chi connectivity index (χ3n) is 6.85. The van der Waals surface area contributed by atoms with E-state index in [4.69, 9.17) is 27.9 Å². The van der Waals surface area contributed by atoms with Crippen molar-refractivity contribution in [1.29, 1.82) is 0 Å². The number of anilines is 2. The number of carbonyl (C=O) groups is 4. The second kappa shape index (κ2) is 9.13. The SMILES string of the molecule is C[C@@H]1C=CC[C@@H]2C(=O)N(c3cccc(OC(=O)[C@@H]4CC(=O)N(c5cccc(Cl)c5Cl)C4)c3)C(=O)[C@@H]12. The first kappa shape index (κ1) is 23.6. The molecule has 35 heavy (non-hydrogen) atoms. The van der Waals surface area contributed by atoms with E-state index in [9.17, 15) is 19.2 Å². The van der Waals surface area contributed by atoms with Crippen LogP contribution >= 0.6 is 23.2 Å². The third kappa shape index (κ3) is 4.13. The van der Waals surface area contributed by atoms with Crippen LogP contribution in [-0.2, 0) is 19.2 Å². The van der Waals surface area contributed by atoms with E-state index in [2.05, 4.69) is 0 Å². The van der Waals surface area contributed by atoms with Crippen LogP contribution in [0.2, 0.25) is 10.0 Å². The van der Waals surface area contributed by atoms with Crippen molar-refractivity contribution >= 4 is 58.3 Å². The van der Waals surface area contributed by atoms with Gasteiger partial charge in [0, 0.05) is 19.0 Å². The first-order valence-corrected chi connectivity index (χ1v) is 12.1. The average molecular weight is 513 g/mol. The second-order valence-corrected chi connectivity index (χ2v) is 9.85. The number of halogens is 2. The van der Waals surface area contributed by atoms with Gasteiger partial charge in [0.2, 0.25) is 17.7 Å². The third-order valence-corrected chi connectivity index (χ3v) is 7.66. The normalized spacial score (nSPS) is 25.9. The van der Waals surface area contributed by atoms with Crippen molar-refractivity contribution < 1.29 is 23.9 Å². The summed E-state index contributed by atoms with van der Waals surface area (Å²) in [7, 11) is 0. The van der Waals surface area contributed by atoms with E-state index in [1.807, 2.05) is 19.1 Å². The van der Waals surface area contributed by atoms with Gasteiger partial charge in [-0.15, -0.1) is 0 Å². The maximum absolute atomic E-state index is 13.1. The summed E-state index contributed by atoms with van der Waals surface area (Å²) in [4.78, 5) is 54.1. The number of nitrogens with zero attached hydrogens (tertiary/aromatic N) is 2. The van der Waals surface area contributed by atoms with Gasteiger partial charge in [-0.3, -0.25) is 19.2 Å². The van der Waals surface area contributed by atoms with Crippen LogP contribution in [0, 0.1) is 23.7 Å². The molecular weight excluding hydrogens is 491 g/mol. The van der Waals surface area contributed by atoms with Crippen LogP contribution in [0.4, 0.5) is 11.4 Å². The zero-order valence-corrected chi connectivity index (χ0v) is 20.3. The van der Waals surface area contributed by atoms with E-state index in [1.165, 1.54) is 15.9 Å². The number of allylic oxidation sites excluding steroid dienone is 2. The van der Waals surface area contributed by atoms with Gasteiger partial charge in [-0.2, -0.15) is 0 Å². The summed E-state index contributed by atoms with van der Waals surface area (Å²) in [6.07, 6.45) is 4.42. The summed E-state index contributed by atoms with van der Waals surface area (Å²) >= 11 is 12.3. The van der Waals surface area contributed by atoms with Crippen LogP contribution in [0.3, 0.4) is 0 Å². The Morgan fingerprint density at radius 2 is 1.83 bits per heavy atom. The highest BCUT2D eigenvalue weighted by molar-refractivity contribution is 6.44. The quantitative estimate of drug-likeness (QED) is 0.257. The van der Waals surface area contributed by atoms with E-state index in [1.54, 1.807) is 36.4 Å². The van der Waals surface area contributed by atoms with Crippen molar-refractivity contribution in [3.8, 4) is 5.75 Å². The van der Waals surface area contributed by atoms with Crippen molar-refractivity contribution in [2.24, 2.45) is 23.7 Å². The van der Waals surface area contributed by atoms with Crippen LogP contribution in [0.25, 0.3) is 0 Å². The number of benzene rings is 2. The monoisotopic (exact) mass is 512 g/mol. The van der Waals surface area contributed by atoms with Gasteiger partial charge in [-0.1, -0.05) is 54.4 Å². The van der Waals surface area contributed by atoms with Gasteiger partial charge in [0.1, 0.15) is 5.75 Å². The molecule has 3 aliphatic rings. The van der Waals surface area contributed by atoms with Crippen LogP contribution in [0.15, 0.2) is 54.6 Å². The molecule has 0 unspecified atom stereocenters. The summed E-state index contributed by atoms with van der Waals surface area (Å²) in [5.41, 5.74) is 0.805. The van der Waals surface area contributed by atoms with E-state index >= 15 is 0 Å². The number of ether oxygens (including phenoxy) is 1. The Hall–Kier alpha value is -3.16. The molecule has 1 aliphatic carbocycles. The van der Waals surface area contributed by atoms with Crippen molar-refractivity contribution in [2.45, 2.75) is 19.8 Å². The highest BCUT2D eigenvalue weighted by Crippen LogP contribution is 2.41. The van der Waals surface area contributed by atoms with Crippen LogP contribution in [-0.4, -0.2) is 30.2 Å². The van der Waals surface area contributed by atoms with Crippen LogP contribution < -0.4 is 14.5 Å². The molecule has 0 N–H and O–H groups in total. The zero-order chi connectivity index (χ0) is 24.9. The van der Waals surface area contributed by atoms with Crippen molar-refractivity contribution in [1.82, 2.24) is 0 Å². The fourth-order valence-corrected chi connectivity index (χ4v) is 5.48. The Morgan fingerprint density at radius 1 is 1.06 bits per heavy atom. The smallest absolute Gasteiger partial charge is 0.316 e. The minimum atomic E-state index is -0.703. The molecule has 180 valence electrons. The number of esters is 1. The fraction of sp³-hybridized carbons (Fsp3) is 0.308. The zero-order valence-electron chi connectivity index (χ0n) is 18.8. The van der Waals surface area contributed by atoms with Gasteiger partial charge in [0.05, 0.1) is 39.2 Å². The number of amides is 3.